The molecule has 0 aliphatic heterocycles. The third-order valence-electron chi connectivity index (χ3n) is 4.54. The molecule has 1 heterocycles. The van der Waals surface area contributed by atoms with Crippen LogP contribution in [0.15, 0.2) is 0 Å². The number of hydrogen-bond donors (Lipinski definition) is 1. The number of anilines is 1. The molecule has 1 aromatic heterocycles. The van der Waals surface area contributed by atoms with E-state index in [4.69, 9.17) is 0 Å². The standard InChI is InChI=1S/C19H32N4O4S/c1-6-22(7-2)11-12-23(17(25)9-8-10-18(26)27-5)13-16(24)21-19-20-14(3)15(4)28-19/h6-13H2,1-5H3,(H,20,21,24). The maximum absolute atomic E-state index is 12.6. The van der Waals surface area contributed by atoms with Crippen LogP contribution >= 0.6 is 11.3 Å². The van der Waals surface area contributed by atoms with Crippen LogP contribution in [0.5, 0.6) is 0 Å². The van der Waals surface area contributed by atoms with E-state index in [1.807, 2.05) is 13.8 Å². The third-order valence-corrected chi connectivity index (χ3v) is 5.53. The Bertz CT molecular complexity index is 639. The zero-order valence-electron chi connectivity index (χ0n) is 17.5. The highest BCUT2D eigenvalue weighted by molar-refractivity contribution is 7.15. The van der Waals surface area contributed by atoms with Gasteiger partial charge in [-0.25, -0.2) is 4.98 Å². The molecule has 0 bridgehead atoms. The van der Waals surface area contributed by atoms with Crippen molar-refractivity contribution in [1.29, 1.82) is 0 Å². The van der Waals surface area contributed by atoms with E-state index in [1.165, 1.54) is 18.4 Å². The van der Waals surface area contributed by atoms with E-state index in [-0.39, 0.29) is 37.2 Å². The maximum atomic E-state index is 12.6. The largest absolute Gasteiger partial charge is 0.469 e. The molecule has 1 rings (SSSR count). The van der Waals surface area contributed by atoms with Gasteiger partial charge >= 0.3 is 5.97 Å². The Hall–Kier alpha value is -2.00. The van der Waals surface area contributed by atoms with Crippen LogP contribution < -0.4 is 5.32 Å². The molecule has 9 heteroatoms. The minimum absolute atomic E-state index is 0.0317. The molecule has 0 unspecified atom stereocenters. The molecule has 28 heavy (non-hydrogen) atoms. The molecule has 8 nitrogen and oxygen atoms in total. The Morgan fingerprint density at radius 1 is 1.11 bits per heavy atom. The summed E-state index contributed by atoms with van der Waals surface area (Å²) in [7, 11) is 1.33. The molecule has 0 atom stereocenters. The first kappa shape index (κ1) is 24.0. The van der Waals surface area contributed by atoms with Gasteiger partial charge in [-0.05, 0) is 33.4 Å². The monoisotopic (exact) mass is 412 g/mol. The number of methoxy groups -OCH3 is 1. The molecule has 1 N–H and O–H groups in total. The lowest BCUT2D eigenvalue weighted by Gasteiger charge is -2.26. The summed E-state index contributed by atoms with van der Waals surface area (Å²) in [6.45, 7) is 10.8. The van der Waals surface area contributed by atoms with E-state index < -0.39 is 0 Å². The zero-order chi connectivity index (χ0) is 21.1. The number of likely N-dealkylation sites (N-methyl/N-ethyl adjacent to an activating group) is 1. The van der Waals surface area contributed by atoms with Crippen LogP contribution in [0.2, 0.25) is 0 Å². The SMILES string of the molecule is CCN(CC)CCN(CC(=O)Nc1nc(C)c(C)s1)C(=O)CCCC(=O)OC. The first-order chi connectivity index (χ1) is 13.3. The molecule has 2 amide bonds. The van der Waals surface area contributed by atoms with E-state index in [0.717, 1.165) is 23.7 Å². The maximum Gasteiger partial charge on any atom is 0.305 e. The predicted octanol–water partition coefficient (Wildman–Crippen LogP) is 2.21. The molecule has 0 radical (unpaired) electrons. The fraction of sp³-hybridized carbons (Fsp3) is 0.684. The van der Waals surface area contributed by atoms with Crippen LogP contribution in [0.25, 0.3) is 0 Å². The summed E-state index contributed by atoms with van der Waals surface area (Å²) in [6, 6.07) is 0. The minimum Gasteiger partial charge on any atom is -0.469 e. The van der Waals surface area contributed by atoms with Crippen molar-refractivity contribution in [3.05, 3.63) is 10.6 Å². The number of carbonyl (C=O) groups excluding carboxylic acids is 3. The highest BCUT2D eigenvalue weighted by Gasteiger charge is 2.19. The number of nitrogens with one attached hydrogen (secondary N) is 1. The van der Waals surface area contributed by atoms with Gasteiger partial charge in [0, 0.05) is 30.8 Å². The van der Waals surface area contributed by atoms with Gasteiger partial charge in [0.25, 0.3) is 0 Å². The Balaban J connectivity index is 2.67. The van der Waals surface area contributed by atoms with Gasteiger partial charge in [-0.15, -0.1) is 11.3 Å². The first-order valence-electron chi connectivity index (χ1n) is 9.61. The van der Waals surface area contributed by atoms with Crippen LogP contribution in [-0.4, -0.2) is 72.4 Å². The van der Waals surface area contributed by atoms with Crippen LogP contribution in [0.1, 0.15) is 43.7 Å². The lowest BCUT2D eigenvalue weighted by atomic mass is 10.2. The number of thiazole rings is 1. The smallest absolute Gasteiger partial charge is 0.305 e. The van der Waals surface area contributed by atoms with Crippen LogP contribution in [-0.2, 0) is 19.1 Å². The number of nitrogens with zero attached hydrogens (tertiary/aromatic N) is 3. The van der Waals surface area contributed by atoms with Gasteiger partial charge in [-0.1, -0.05) is 13.8 Å². The highest BCUT2D eigenvalue weighted by atomic mass is 32.1. The number of carbonyl (C=O) groups is 3. The number of aromatic nitrogens is 1. The van der Waals surface area contributed by atoms with E-state index in [9.17, 15) is 14.4 Å². The van der Waals surface area contributed by atoms with Gasteiger partial charge in [0.2, 0.25) is 11.8 Å². The van der Waals surface area contributed by atoms with Crippen molar-refractivity contribution < 1.29 is 19.1 Å². The second-order valence-electron chi connectivity index (χ2n) is 6.48. The number of esters is 1. The summed E-state index contributed by atoms with van der Waals surface area (Å²) in [5.74, 6) is -0.748. The summed E-state index contributed by atoms with van der Waals surface area (Å²) >= 11 is 1.42. The molecule has 0 saturated heterocycles. The quantitative estimate of drug-likeness (QED) is 0.529. The molecule has 0 aromatic carbocycles. The van der Waals surface area contributed by atoms with Gasteiger partial charge in [0.15, 0.2) is 5.13 Å². The first-order valence-corrected chi connectivity index (χ1v) is 10.4. The number of rotatable bonds is 12. The van der Waals surface area contributed by atoms with Crippen molar-refractivity contribution in [2.75, 3.05) is 45.2 Å². The van der Waals surface area contributed by atoms with E-state index in [1.54, 1.807) is 4.90 Å². The normalized spacial score (nSPS) is 10.8. The van der Waals surface area contributed by atoms with Crippen molar-refractivity contribution >= 4 is 34.3 Å². The lowest BCUT2D eigenvalue weighted by molar-refractivity contribution is -0.141. The summed E-state index contributed by atoms with van der Waals surface area (Å²) < 4.78 is 4.60. The molecule has 0 saturated carbocycles. The molecule has 158 valence electrons. The summed E-state index contributed by atoms with van der Waals surface area (Å²) in [5.41, 5.74) is 0.887. The van der Waals surface area contributed by atoms with Crippen molar-refractivity contribution in [3.63, 3.8) is 0 Å². The molecule has 0 spiro atoms. The average molecular weight is 413 g/mol. The number of aryl methyl sites for hydroxylation is 2. The van der Waals surface area contributed by atoms with E-state index in [2.05, 4.69) is 33.8 Å². The van der Waals surface area contributed by atoms with Crippen molar-refractivity contribution in [1.82, 2.24) is 14.8 Å². The summed E-state index contributed by atoms with van der Waals surface area (Å²) in [6.07, 6.45) is 0.797. The predicted molar refractivity (Wildman–Crippen MR) is 110 cm³/mol. The van der Waals surface area contributed by atoms with Gasteiger partial charge < -0.3 is 19.9 Å². The number of amides is 2. The summed E-state index contributed by atoms with van der Waals surface area (Å²) in [4.78, 5) is 45.4. The Morgan fingerprint density at radius 2 is 1.79 bits per heavy atom. The van der Waals surface area contributed by atoms with E-state index >= 15 is 0 Å². The summed E-state index contributed by atoms with van der Waals surface area (Å²) in [5, 5.41) is 3.32. The second kappa shape index (κ2) is 12.5. The Morgan fingerprint density at radius 3 is 2.32 bits per heavy atom. The third kappa shape index (κ3) is 8.35. The van der Waals surface area contributed by atoms with Crippen LogP contribution in [0.4, 0.5) is 5.13 Å². The van der Waals surface area contributed by atoms with Crippen molar-refractivity contribution in [3.8, 4) is 0 Å². The molecule has 0 fully saturated rings. The Kier molecular flexibility index (Phi) is 10.7. The van der Waals surface area contributed by atoms with Gasteiger partial charge in [0.1, 0.15) is 0 Å². The second-order valence-corrected chi connectivity index (χ2v) is 7.68. The van der Waals surface area contributed by atoms with Crippen molar-refractivity contribution in [2.45, 2.75) is 47.0 Å². The molecular weight excluding hydrogens is 380 g/mol. The van der Waals surface area contributed by atoms with Crippen LogP contribution in [0, 0.1) is 13.8 Å². The molecule has 1 aromatic rings. The number of ether oxygens (including phenoxy) is 1. The fourth-order valence-electron chi connectivity index (χ4n) is 2.60. The molecule has 0 aliphatic carbocycles. The number of hydrogen-bond acceptors (Lipinski definition) is 7. The van der Waals surface area contributed by atoms with Crippen LogP contribution in [0.3, 0.4) is 0 Å². The highest BCUT2D eigenvalue weighted by Crippen LogP contribution is 2.21. The minimum atomic E-state index is -0.338. The van der Waals surface area contributed by atoms with Crippen molar-refractivity contribution in [2.24, 2.45) is 0 Å². The van der Waals surface area contributed by atoms with E-state index in [0.29, 0.717) is 24.6 Å². The molecular formula is C19H32N4O4S. The van der Waals surface area contributed by atoms with Gasteiger partial charge in [0.05, 0.1) is 19.3 Å². The average Bonchev–Trinajstić information content (AvgIpc) is 2.97. The lowest BCUT2D eigenvalue weighted by Crippen LogP contribution is -2.42. The fourth-order valence-corrected chi connectivity index (χ4v) is 3.43. The topological polar surface area (TPSA) is 91.8 Å². The molecule has 0 aliphatic rings. The van der Waals surface area contributed by atoms with Gasteiger partial charge in [-0.2, -0.15) is 0 Å². The van der Waals surface area contributed by atoms with Gasteiger partial charge in [-0.3, -0.25) is 14.4 Å². The zero-order valence-corrected chi connectivity index (χ0v) is 18.4. The Labute approximate surface area is 171 Å².